The van der Waals surface area contributed by atoms with Gasteiger partial charge in [-0.05, 0) is 129 Å². The maximum atomic E-state index is 13.7. The highest BCUT2D eigenvalue weighted by molar-refractivity contribution is 7.90. The van der Waals surface area contributed by atoms with Gasteiger partial charge in [-0.1, -0.05) is 41.5 Å². The fourth-order valence-corrected chi connectivity index (χ4v) is 11.7. The number of hydrogen-bond donors (Lipinski definition) is 0. The first-order valence-electron chi connectivity index (χ1n) is 21.8. The SMILES string of the molecule is COc1cc(C)c2c(ccn2S(=O)(=O)c2ccc(C)cc2)c1C(=O)C1=Nc2cc(C#N)ccc2C1.COc1cc(C)c2c(ccn2S(=O)(=O)c2ccc(C)cc2)c1C(=O)C1=Nc2ccc(C#N)cc2C1. The van der Waals surface area contributed by atoms with Gasteiger partial charge in [0.25, 0.3) is 20.0 Å². The zero-order valence-corrected chi connectivity index (χ0v) is 40.4. The van der Waals surface area contributed by atoms with Crippen molar-refractivity contribution < 1.29 is 35.9 Å². The molecule has 8 aromatic rings. The van der Waals surface area contributed by atoms with Gasteiger partial charge >= 0.3 is 0 Å². The maximum absolute atomic E-state index is 13.7. The molecule has 2 aliphatic heterocycles. The summed E-state index contributed by atoms with van der Waals surface area (Å²) in [5.74, 6) is 0.0165. The molecule has 0 saturated carbocycles. The minimum absolute atomic E-state index is 0.160. The predicted octanol–water partition coefficient (Wildman–Crippen LogP) is 9.77. The van der Waals surface area contributed by atoms with E-state index in [4.69, 9.17) is 14.7 Å². The highest BCUT2D eigenvalue weighted by Gasteiger charge is 2.32. The smallest absolute Gasteiger partial charge is 0.268 e. The van der Waals surface area contributed by atoms with Crippen molar-refractivity contribution in [2.75, 3.05) is 14.2 Å². The summed E-state index contributed by atoms with van der Waals surface area (Å²) >= 11 is 0. The Labute approximate surface area is 404 Å². The van der Waals surface area contributed by atoms with Crippen LogP contribution in [0.15, 0.2) is 141 Å². The van der Waals surface area contributed by atoms with Crippen LogP contribution >= 0.6 is 0 Å². The first kappa shape index (κ1) is 46.7. The fourth-order valence-electron chi connectivity index (χ4n) is 8.86. The number of benzene rings is 6. The first-order chi connectivity index (χ1) is 33.5. The lowest BCUT2D eigenvalue weighted by Crippen LogP contribution is -2.17. The van der Waals surface area contributed by atoms with Gasteiger partial charge in [-0.3, -0.25) is 9.59 Å². The number of nitriles is 2. The zero-order chi connectivity index (χ0) is 49.8. The molecule has 0 aliphatic carbocycles. The summed E-state index contributed by atoms with van der Waals surface area (Å²) in [4.78, 5) is 36.7. The lowest BCUT2D eigenvalue weighted by Gasteiger charge is -2.14. The van der Waals surface area contributed by atoms with E-state index < -0.39 is 20.0 Å². The lowest BCUT2D eigenvalue weighted by atomic mass is 9.96. The molecule has 0 fully saturated rings. The standard InChI is InChI=1S/2C27H21N3O4S/c1-16-4-8-20(9-5-16)35(32,33)30-11-10-21-25(24(34-3)12-17(2)26(21)30)27(31)23-14-19-7-6-18(15-28)13-22(19)29-23;1-16-4-7-20(8-5-16)35(32,33)30-11-10-21-25(24(34-3)12-17(2)26(21)30)27(31)23-14-19-13-18(15-28)6-9-22(19)29-23/h2*4-13H,14H2,1-3H3. The Morgan fingerprint density at radius 3 is 1.43 bits per heavy atom. The summed E-state index contributed by atoms with van der Waals surface area (Å²) in [6, 6.07) is 34.3. The Kier molecular flexibility index (Phi) is 11.9. The number of hydrogen-bond acceptors (Lipinski definition) is 12. The number of fused-ring (bicyclic) bond motifs is 4. The van der Waals surface area contributed by atoms with E-state index in [9.17, 15) is 31.7 Å². The molecule has 0 saturated heterocycles. The molecular formula is C54H42N6O8S2. The van der Waals surface area contributed by atoms with E-state index >= 15 is 0 Å². The molecule has 16 heteroatoms. The number of methoxy groups -OCH3 is 2. The van der Waals surface area contributed by atoms with E-state index in [0.717, 1.165) is 22.3 Å². The van der Waals surface area contributed by atoms with Crippen LogP contribution in [0.5, 0.6) is 11.5 Å². The molecule has 10 rings (SSSR count). The molecule has 0 amide bonds. The molecule has 0 bridgehead atoms. The van der Waals surface area contributed by atoms with Crippen molar-refractivity contribution in [3.63, 3.8) is 0 Å². The second kappa shape index (κ2) is 17.9. The molecule has 6 aromatic carbocycles. The van der Waals surface area contributed by atoms with E-state index in [0.29, 0.717) is 84.8 Å². The number of nitrogens with zero attached hydrogens (tertiary/aromatic N) is 6. The lowest BCUT2D eigenvalue weighted by molar-refractivity contribution is 0.105. The molecule has 0 atom stereocenters. The van der Waals surface area contributed by atoms with Crippen molar-refractivity contribution in [3.05, 3.63) is 177 Å². The summed E-state index contributed by atoms with van der Waals surface area (Å²) in [6.07, 6.45) is 3.53. The molecule has 14 nitrogen and oxygen atoms in total. The van der Waals surface area contributed by atoms with Gasteiger partial charge in [-0.2, -0.15) is 10.5 Å². The number of aryl methyl sites for hydroxylation is 4. The highest BCUT2D eigenvalue weighted by Crippen LogP contribution is 2.39. The van der Waals surface area contributed by atoms with Crippen molar-refractivity contribution in [1.82, 2.24) is 7.94 Å². The molecule has 2 aliphatic rings. The van der Waals surface area contributed by atoms with Crippen LogP contribution in [0, 0.1) is 50.4 Å². The predicted molar refractivity (Wildman–Crippen MR) is 267 cm³/mol. The summed E-state index contributed by atoms with van der Waals surface area (Å²) in [6.45, 7) is 7.35. The summed E-state index contributed by atoms with van der Waals surface area (Å²) in [5, 5.41) is 19.3. The fraction of sp³-hybridized carbons (Fsp3) is 0.148. The number of ketones is 2. The van der Waals surface area contributed by atoms with E-state index in [1.807, 2.05) is 13.8 Å². The Morgan fingerprint density at radius 2 is 0.971 bits per heavy atom. The summed E-state index contributed by atoms with van der Waals surface area (Å²) in [7, 11) is -4.83. The van der Waals surface area contributed by atoms with Gasteiger partial charge < -0.3 is 9.47 Å². The Balaban J connectivity index is 0.000000174. The third kappa shape index (κ3) is 8.02. The molecule has 70 heavy (non-hydrogen) atoms. The number of Topliss-reactive ketones (excluding diaryl/α,β-unsaturated/α-hetero) is 2. The zero-order valence-electron chi connectivity index (χ0n) is 38.7. The van der Waals surface area contributed by atoms with Crippen LogP contribution in [0.25, 0.3) is 21.8 Å². The number of aromatic nitrogens is 2. The number of aliphatic imine (C=N–C) groups is 2. The number of ether oxygens (including phenoxy) is 2. The maximum Gasteiger partial charge on any atom is 0.268 e. The normalized spacial score (nSPS) is 12.8. The van der Waals surface area contributed by atoms with Gasteiger partial charge in [-0.25, -0.2) is 34.8 Å². The third-order valence-electron chi connectivity index (χ3n) is 12.4. The monoisotopic (exact) mass is 966 g/mol. The average Bonchev–Trinajstić information content (AvgIpc) is 4.19. The third-order valence-corrected chi connectivity index (χ3v) is 15.8. The van der Waals surface area contributed by atoms with Crippen LogP contribution < -0.4 is 9.47 Å². The molecule has 0 radical (unpaired) electrons. The van der Waals surface area contributed by atoms with Gasteiger partial charge in [-0.15, -0.1) is 0 Å². The number of carbonyl (C=O) groups excluding carboxylic acids is 2. The van der Waals surface area contributed by atoms with Gasteiger partial charge in [0.05, 0.1) is 92.2 Å². The van der Waals surface area contributed by atoms with Crippen LogP contribution in [0.3, 0.4) is 0 Å². The topological polar surface area (TPSA) is 203 Å². The van der Waals surface area contributed by atoms with Gasteiger partial charge in [0.1, 0.15) is 11.5 Å². The molecule has 348 valence electrons. The molecular weight excluding hydrogens is 925 g/mol. The Bertz CT molecular complexity index is 3930. The first-order valence-corrected chi connectivity index (χ1v) is 24.7. The second-order valence-corrected chi connectivity index (χ2v) is 20.6. The minimum atomic E-state index is -3.89. The van der Waals surface area contributed by atoms with Crippen LogP contribution in [-0.4, -0.2) is 62.0 Å². The van der Waals surface area contributed by atoms with Crippen LogP contribution in [-0.2, 0) is 32.9 Å². The van der Waals surface area contributed by atoms with Crippen molar-refractivity contribution in [1.29, 1.82) is 10.5 Å². The minimum Gasteiger partial charge on any atom is -0.496 e. The molecule has 2 aromatic heterocycles. The quantitative estimate of drug-likeness (QED) is 0.119. The van der Waals surface area contributed by atoms with Crippen LogP contribution in [0.4, 0.5) is 11.4 Å². The van der Waals surface area contributed by atoms with Gasteiger partial charge in [0.15, 0.2) is 0 Å². The van der Waals surface area contributed by atoms with Crippen molar-refractivity contribution in [2.24, 2.45) is 9.98 Å². The summed E-state index contributed by atoms with van der Waals surface area (Å²) in [5.41, 5.74) is 9.06. The molecule has 0 spiro atoms. The van der Waals surface area contributed by atoms with Crippen LogP contribution in [0.1, 0.15) is 65.2 Å². The molecule has 0 N–H and O–H groups in total. The van der Waals surface area contributed by atoms with E-state index in [2.05, 4.69) is 22.1 Å². The van der Waals surface area contributed by atoms with Crippen molar-refractivity contribution in [3.8, 4) is 23.6 Å². The van der Waals surface area contributed by atoms with Gasteiger partial charge in [0, 0.05) is 36.0 Å². The highest BCUT2D eigenvalue weighted by atomic mass is 32.2. The second-order valence-electron chi connectivity index (χ2n) is 17.0. The van der Waals surface area contributed by atoms with Crippen molar-refractivity contribution in [2.45, 2.75) is 50.3 Å². The van der Waals surface area contributed by atoms with Gasteiger partial charge in [0.2, 0.25) is 11.6 Å². The van der Waals surface area contributed by atoms with E-state index in [1.54, 1.807) is 123 Å². The number of rotatable bonds is 10. The Hall–Kier alpha value is -8.44. The van der Waals surface area contributed by atoms with Crippen molar-refractivity contribution >= 4 is 76.2 Å². The van der Waals surface area contributed by atoms with E-state index in [-0.39, 0.29) is 38.9 Å². The Morgan fingerprint density at radius 1 is 0.543 bits per heavy atom. The van der Waals surface area contributed by atoms with E-state index in [1.165, 1.54) is 34.6 Å². The number of carbonyl (C=O) groups is 2. The molecule has 0 unspecified atom stereocenters. The molecule has 4 heterocycles. The summed E-state index contributed by atoms with van der Waals surface area (Å²) < 4.78 is 67.4. The largest absolute Gasteiger partial charge is 0.496 e. The average molecular weight is 967 g/mol. The van der Waals surface area contributed by atoms with Crippen LogP contribution in [0.2, 0.25) is 0 Å².